The maximum Gasteiger partial charge on any atom is 0.132 e. The highest BCUT2D eigenvalue weighted by atomic mass is 35.5. The van der Waals surface area contributed by atoms with E-state index in [1.54, 1.807) is 12.3 Å². The predicted molar refractivity (Wildman–Crippen MR) is 80.0 cm³/mol. The van der Waals surface area contributed by atoms with Crippen molar-refractivity contribution in [3.05, 3.63) is 59.4 Å². The van der Waals surface area contributed by atoms with Gasteiger partial charge in [0, 0.05) is 24.7 Å². The van der Waals surface area contributed by atoms with Gasteiger partial charge in [-0.2, -0.15) is 0 Å². The molecule has 3 rings (SSSR count). The molecule has 1 aliphatic heterocycles. The quantitative estimate of drug-likeness (QED) is 0.875. The van der Waals surface area contributed by atoms with E-state index in [2.05, 4.69) is 22.4 Å². The first kappa shape index (κ1) is 13.4. The van der Waals surface area contributed by atoms with Crippen LogP contribution >= 0.6 is 11.6 Å². The van der Waals surface area contributed by atoms with E-state index in [4.69, 9.17) is 16.3 Å². The largest absolute Gasteiger partial charge is 0.485 e. The second-order valence-electron chi connectivity index (χ2n) is 5.02. The van der Waals surface area contributed by atoms with E-state index in [9.17, 15) is 0 Å². The zero-order valence-corrected chi connectivity index (χ0v) is 11.9. The van der Waals surface area contributed by atoms with Crippen LogP contribution in [0.1, 0.15) is 18.1 Å². The van der Waals surface area contributed by atoms with Crippen molar-refractivity contribution in [3.8, 4) is 5.75 Å². The third kappa shape index (κ3) is 3.11. The molecule has 2 heterocycles. The molecule has 1 unspecified atom stereocenters. The lowest BCUT2D eigenvalue weighted by Gasteiger charge is -2.24. The molecule has 1 fully saturated rings. The molecular weight excluding hydrogens is 272 g/mol. The standard InChI is InChI=1S/C16H17ClN2O/c17-15-10-14(7-9-19-15)20-16(13-6-8-18-11-13)12-4-2-1-3-5-12/h1-5,7,9-10,13,16,18H,6,8,11H2/t13?,16-/m0/s1. The molecular formula is C16H17ClN2O. The van der Waals surface area contributed by atoms with E-state index < -0.39 is 0 Å². The Labute approximate surface area is 123 Å². The van der Waals surface area contributed by atoms with Gasteiger partial charge in [-0.3, -0.25) is 0 Å². The first-order valence-corrected chi connectivity index (χ1v) is 7.24. The van der Waals surface area contributed by atoms with Crippen LogP contribution in [0.2, 0.25) is 5.15 Å². The fraction of sp³-hybridized carbons (Fsp3) is 0.312. The molecule has 0 spiro atoms. The molecule has 0 aliphatic carbocycles. The van der Waals surface area contributed by atoms with Crippen molar-refractivity contribution in [2.24, 2.45) is 5.92 Å². The first-order valence-electron chi connectivity index (χ1n) is 6.87. The Balaban J connectivity index is 1.85. The fourth-order valence-electron chi connectivity index (χ4n) is 2.62. The summed E-state index contributed by atoms with van der Waals surface area (Å²) in [5, 5.41) is 3.86. The highest BCUT2D eigenvalue weighted by Crippen LogP contribution is 2.32. The lowest BCUT2D eigenvalue weighted by Crippen LogP contribution is -2.21. The Hall–Kier alpha value is -1.58. The van der Waals surface area contributed by atoms with Crippen molar-refractivity contribution < 1.29 is 4.74 Å². The van der Waals surface area contributed by atoms with Gasteiger partial charge in [0.15, 0.2) is 0 Å². The molecule has 1 aromatic heterocycles. The normalized spacial score (nSPS) is 19.8. The SMILES string of the molecule is Clc1cc(O[C@@H](c2ccccc2)C2CCNC2)ccn1. The molecule has 2 aromatic rings. The molecule has 104 valence electrons. The third-order valence-electron chi connectivity index (χ3n) is 3.62. The van der Waals surface area contributed by atoms with Gasteiger partial charge in [-0.25, -0.2) is 4.98 Å². The lowest BCUT2D eigenvalue weighted by molar-refractivity contribution is 0.144. The van der Waals surface area contributed by atoms with E-state index in [0.717, 1.165) is 25.3 Å². The topological polar surface area (TPSA) is 34.1 Å². The molecule has 4 heteroatoms. The third-order valence-corrected chi connectivity index (χ3v) is 3.82. The van der Waals surface area contributed by atoms with Gasteiger partial charge in [0.2, 0.25) is 0 Å². The zero-order chi connectivity index (χ0) is 13.8. The number of nitrogens with zero attached hydrogens (tertiary/aromatic N) is 1. The van der Waals surface area contributed by atoms with Gasteiger partial charge in [0.1, 0.15) is 17.0 Å². The van der Waals surface area contributed by atoms with Crippen LogP contribution in [0, 0.1) is 5.92 Å². The first-order chi connectivity index (χ1) is 9.83. The molecule has 1 aliphatic rings. The number of halogens is 1. The second kappa shape index (κ2) is 6.25. The Bertz CT molecular complexity index is 555. The minimum atomic E-state index is 0.0460. The van der Waals surface area contributed by atoms with Gasteiger partial charge in [0.05, 0.1) is 0 Å². The summed E-state index contributed by atoms with van der Waals surface area (Å²) in [5.74, 6) is 1.25. The minimum absolute atomic E-state index is 0.0460. The molecule has 2 atom stereocenters. The van der Waals surface area contributed by atoms with E-state index >= 15 is 0 Å². The van der Waals surface area contributed by atoms with Gasteiger partial charge in [-0.15, -0.1) is 0 Å². The summed E-state index contributed by atoms with van der Waals surface area (Å²) < 4.78 is 6.20. The predicted octanol–water partition coefficient (Wildman–Crippen LogP) is 3.46. The zero-order valence-electron chi connectivity index (χ0n) is 11.1. The van der Waals surface area contributed by atoms with Crippen LogP contribution in [0.4, 0.5) is 0 Å². The Morgan fingerprint density at radius 3 is 2.80 bits per heavy atom. The van der Waals surface area contributed by atoms with Crippen molar-refractivity contribution in [1.82, 2.24) is 10.3 Å². The summed E-state index contributed by atoms with van der Waals surface area (Å²) in [6.45, 7) is 2.03. The number of pyridine rings is 1. The van der Waals surface area contributed by atoms with E-state index in [1.165, 1.54) is 5.56 Å². The summed E-state index contributed by atoms with van der Waals surface area (Å²) >= 11 is 5.93. The number of aromatic nitrogens is 1. The fourth-order valence-corrected chi connectivity index (χ4v) is 2.78. The molecule has 20 heavy (non-hydrogen) atoms. The van der Waals surface area contributed by atoms with E-state index in [-0.39, 0.29) is 6.10 Å². The van der Waals surface area contributed by atoms with Gasteiger partial charge in [-0.05, 0) is 24.6 Å². The average molecular weight is 289 g/mol. The van der Waals surface area contributed by atoms with Crippen LogP contribution in [0.3, 0.4) is 0 Å². The maximum atomic E-state index is 6.20. The van der Waals surface area contributed by atoms with Crippen molar-refractivity contribution >= 4 is 11.6 Å². The van der Waals surface area contributed by atoms with Gasteiger partial charge < -0.3 is 10.1 Å². The van der Waals surface area contributed by atoms with Crippen LogP contribution in [0.25, 0.3) is 0 Å². The van der Waals surface area contributed by atoms with Crippen LogP contribution in [0.15, 0.2) is 48.7 Å². The van der Waals surface area contributed by atoms with E-state index in [1.807, 2.05) is 24.3 Å². The van der Waals surface area contributed by atoms with E-state index in [0.29, 0.717) is 11.1 Å². The molecule has 1 saturated heterocycles. The Kier molecular flexibility index (Phi) is 4.19. The van der Waals surface area contributed by atoms with Crippen LogP contribution in [-0.4, -0.2) is 18.1 Å². The van der Waals surface area contributed by atoms with Crippen molar-refractivity contribution in [3.63, 3.8) is 0 Å². The summed E-state index contributed by atoms with van der Waals surface area (Å²) in [4.78, 5) is 3.99. The van der Waals surface area contributed by atoms with Crippen LogP contribution < -0.4 is 10.1 Å². The second-order valence-corrected chi connectivity index (χ2v) is 5.40. The van der Waals surface area contributed by atoms with Crippen LogP contribution in [-0.2, 0) is 0 Å². The monoisotopic (exact) mass is 288 g/mol. The highest BCUT2D eigenvalue weighted by molar-refractivity contribution is 6.29. The van der Waals surface area contributed by atoms with Crippen molar-refractivity contribution in [1.29, 1.82) is 0 Å². The summed E-state index contributed by atoms with van der Waals surface area (Å²) in [5.41, 5.74) is 1.20. The Morgan fingerprint density at radius 2 is 2.10 bits per heavy atom. The summed E-state index contributed by atoms with van der Waals surface area (Å²) in [7, 11) is 0. The molecule has 0 amide bonds. The summed E-state index contributed by atoms with van der Waals surface area (Å²) in [6.07, 6.45) is 2.84. The highest BCUT2D eigenvalue weighted by Gasteiger charge is 2.27. The number of ether oxygens (including phenoxy) is 1. The van der Waals surface area contributed by atoms with Crippen molar-refractivity contribution in [2.75, 3.05) is 13.1 Å². The number of rotatable bonds is 4. The van der Waals surface area contributed by atoms with Gasteiger partial charge in [-0.1, -0.05) is 41.9 Å². The lowest BCUT2D eigenvalue weighted by atomic mass is 9.95. The molecule has 1 N–H and O–H groups in total. The maximum absolute atomic E-state index is 6.20. The molecule has 1 aromatic carbocycles. The number of hydrogen-bond acceptors (Lipinski definition) is 3. The number of benzene rings is 1. The van der Waals surface area contributed by atoms with Crippen LogP contribution in [0.5, 0.6) is 5.75 Å². The van der Waals surface area contributed by atoms with Gasteiger partial charge >= 0.3 is 0 Å². The molecule has 3 nitrogen and oxygen atoms in total. The molecule has 0 saturated carbocycles. The van der Waals surface area contributed by atoms with Gasteiger partial charge in [0.25, 0.3) is 0 Å². The molecule has 0 radical (unpaired) electrons. The smallest absolute Gasteiger partial charge is 0.132 e. The summed E-state index contributed by atoms with van der Waals surface area (Å²) in [6, 6.07) is 14.0. The Morgan fingerprint density at radius 1 is 1.25 bits per heavy atom. The number of hydrogen-bond donors (Lipinski definition) is 1. The average Bonchev–Trinajstić information content (AvgIpc) is 3.00. The minimum Gasteiger partial charge on any atom is -0.485 e. The number of nitrogens with one attached hydrogen (secondary N) is 1. The molecule has 0 bridgehead atoms. The van der Waals surface area contributed by atoms with Crippen molar-refractivity contribution in [2.45, 2.75) is 12.5 Å².